The molecule has 0 atom stereocenters. The van der Waals surface area contributed by atoms with Crippen LogP contribution in [-0.2, 0) is 4.79 Å². The number of carboxylic acids is 1. The average molecular weight is 240 g/mol. The van der Waals surface area contributed by atoms with Crippen LogP contribution in [0.2, 0.25) is 0 Å². The van der Waals surface area contributed by atoms with Crippen LogP contribution in [-0.4, -0.2) is 11.1 Å². The van der Waals surface area contributed by atoms with Gasteiger partial charge in [-0.15, -0.1) is 0 Å². The van der Waals surface area contributed by atoms with E-state index >= 15 is 0 Å². The van der Waals surface area contributed by atoms with Crippen LogP contribution in [0.5, 0.6) is 0 Å². The van der Waals surface area contributed by atoms with E-state index < -0.39 is 11.4 Å². The molecule has 1 rings (SSSR count). The van der Waals surface area contributed by atoms with Crippen molar-refractivity contribution < 1.29 is 9.90 Å². The minimum atomic E-state index is -0.548. The summed E-state index contributed by atoms with van der Waals surface area (Å²) in [6.07, 6.45) is 8.48. The predicted octanol–water partition coefficient (Wildman–Crippen LogP) is 4.48. The van der Waals surface area contributed by atoms with Crippen molar-refractivity contribution in [2.75, 3.05) is 0 Å². The Bertz CT molecular complexity index is 237. The van der Waals surface area contributed by atoms with Gasteiger partial charge in [0.05, 0.1) is 5.41 Å². The Morgan fingerprint density at radius 2 is 1.94 bits per heavy atom. The van der Waals surface area contributed by atoms with E-state index in [4.69, 9.17) is 0 Å². The highest BCUT2D eigenvalue weighted by molar-refractivity contribution is 5.74. The third-order valence-electron chi connectivity index (χ3n) is 4.41. The second-order valence-corrected chi connectivity index (χ2v) is 6.25. The van der Waals surface area contributed by atoms with E-state index in [1.54, 1.807) is 0 Å². The minimum absolute atomic E-state index is 0.394. The molecular weight excluding hydrogens is 212 g/mol. The lowest BCUT2D eigenvalue weighted by atomic mass is 9.67. The molecule has 0 unspecified atom stereocenters. The molecule has 1 saturated carbocycles. The predicted molar refractivity (Wildman–Crippen MR) is 71.0 cm³/mol. The van der Waals surface area contributed by atoms with Crippen molar-refractivity contribution in [3.05, 3.63) is 0 Å². The van der Waals surface area contributed by atoms with Crippen LogP contribution >= 0.6 is 0 Å². The van der Waals surface area contributed by atoms with Gasteiger partial charge in [0, 0.05) is 0 Å². The van der Waals surface area contributed by atoms with Gasteiger partial charge in [-0.2, -0.15) is 0 Å². The molecule has 1 aliphatic rings. The quantitative estimate of drug-likeness (QED) is 0.743. The zero-order valence-electron chi connectivity index (χ0n) is 11.7. The molecule has 17 heavy (non-hydrogen) atoms. The molecule has 0 spiro atoms. The molecule has 0 aromatic carbocycles. The van der Waals surface area contributed by atoms with Crippen molar-refractivity contribution >= 4 is 5.97 Å². The van der Waals surface area contributed by atoms with Crippen molar-refractivity contribution in [2.45, 2.75) is 72.1 Å². The van der Waals surface area contributed by atoms with Crippen molar-refractivity contribution in [3.63, 3.8) is 0 Å². The van der Waals surface area contributed by atoms with Crippen LogP contribution in [0, 0.1) is 17.3 Å². The van der Waals surface area contributed by atoms with Gasteiger partial charge in [-0.25, -0.2) is 0 Å². The number of rotatable bonds is 6. The molecular formula is C15H28O2. The second kappa shape index (κ2) is 6.42. The van der Waals surface area contributed by atoms with E-state index in [1.165, 1.54) is 12.8 Å². The van der Waals surface area contributed by atoms with Crippen LogP contribution < -0.4 is 0 Å². The Morgan fingerprint density at radius 3 is 2.35 bits per heavy atom. The maximum Gasteiger partial charge on any atom is 0.309 e. The van der Waals surface area contributed by atoms with Crippen molar-refractivity contribution in [2.24, 2.45) is 17.3 Å². The lowest BCUT2D eigenvalue weighted by Gasteiger charge is -2.37. The third kappa shape index (κ3) is 4.01. The Balaban J connectivity index is 2.54. The zero-order valence-corrected chi connectivity index (χ0v) is 11.7. The van der Waals surface area contributed by atoms with Gasteiger partial charge in [-0.05, 0) is 50.4 Å². The summed E-state index contributed by atoms with van der Waals surface area (Å²) in [5.41, 5.74) is -0.394. The van der Waals surface area contributed by atoms with E-state index in [1.807, 2.05) is 0 Å². The van der Waals surface area contributed by atoms with E-state index in [9.17, 15) is 9.90 Å². The van der Waals surface area contributed by atoms with Crippen LogP contribution in [0.3, 0.4) is 0 Å². The first-order valence-electron chi connectivity index (χ1n) is 7.23. The molecule has 0 aromatic heterocycles. The fourth-order valence-corrected chi connectivity index (χ4v) is 3.06. The molecule has 1 aliphatic carbocycles. The highest BCUT2D eigenvalue weighted by Crippen LogP contribution is 2.44. The molecule has 0 aromatic rings. The van der Waals surface area contributed by atoms with Crippen LogP contribution in [0.1, 0.15) is 72.1 Å². The lowest BCUT2D eigenvalue weighted by Crippen LogP contribution is -2.35. The van der Waals surface area contributed by atoms with Gasteiger partial charge in [0.2, 0.25) is 0 Å². The molecule has 0 aliphatic heterocycles. The van der Waals surface area contributed by atoms with Crippen LogP contribution in [0.15, 0.2) is 0 Å². The van der Waals surface area contributed by atoms with Crippen molar-refractivity contribution in [1.82, 2.24) is 0 Å². The largest absolute Gasteiger partial charge is 0.481 e. The molecule has 0 radical (unpaired) electrons. The third-order valence-corrected chi connectivity index (χ3v) is 4.41. The fraction of sp³-hybridized carbons (Fsp3) is 0.933. The summed E-state index contributed by atoms with van der Waals surface area (Å²) in [5, 5.41) is 9.52. The number of carboxylic acid groups (broad SMARTS) is 1. The van der Waals surface area contributed by atoms with Crippen molar-refractivity contribution in [1.29, 1.82) is 0 Å². The SMILES string of the molecule is CCCC1CCC(CCC(C)C)(C(=O)O)CC1. The van der Waals surface area contributed by atoms with E-state index in [2.05, 4.69) is 20.8 Å². The summed E-state index contributed by atoms with van der Waals surface area (Å²) in [6, 6.07) is 0. The Morgan fingerprint density at radius 1 is 1.35 bits per heavy atom. The topological polar surface area (TPSA) is 37.3 Å². The van der Waals surface area contributed by atoms with Crippen LogP contribution in [0.25, 0.3) is 0 Å². The standard InChI is InChI=1S/C15H28O2/c1-4-5-13-7-10-15(11-8-13,14(16)17)9-6-12(2)3/h12-13H,4-11H2,1-3H3,(H,16,17). The maximum absolute atomic E-state index is 11.6. The van der Waals surface area contributed by atoms with Crippen molar-refractivity contribution in [3.8, 4) is 0 Å². The summed E-state index contributed by atoms with van der Waals surface area (Å²) in [7, 11) is 0. The summed E-state index contributed by atoms with van der Waals surface area (Å²) in [6.45, 7) is 6.58. The minimum Gasteiger partial charge on any atom is -0.481 e. The highest BCUT2D eigenvalue weighted by atomic mass is 16.4. The number of carbonyl (C=O) groups is 1. The van der Waals surface area contributed by atoms with Gasteiger partial charge in [0.1, 0.15) is 0 Å². The van der Waals surface area contributed by atoms with Gasteiger partial charge in [0.15, 0.2) is 0 Å². The van der Waals surface area contributed by atoms with Gasteiger partial charge in [-0.3, -0.25) is 4.79 Å². The second-order valence-electron chi connectivity index (χ2n) is 6.25. The summed E-state index contributed by atoms with van der Waals surface area (Å²) in [5.74, 6) is 0.846. The molecule has 0 heterocycles. The Labute approximate surface area is 106 Å². The van der Waals surface area contributed by atoms with Crippen LogP contribution in [0.4, 0.5) is 0 Å². The van der Waals surface area contributed by atoms with E-state index in [-0.39, 0.29) is 0 Å². The molecule has 0 amide bonds. The zero-order chi connectivity index (χ0) is 12.9. The Kier molecular flexibility index (Phi) is 5.48. The molecule has 2 heteroatoms. The van der Waals surface area contributed by atoms with E-state index in [0.29, 0.717) is 5.92 Å². The molecule has 0 bridgehead atoms. The summed E-state index contributed by atoms with van der Waals surface area (Å²) in [4.78, 5) is 11.6. The normalized spacial score (nSPS) is 29.5. The number of hydrogen-bond acceptors (Lipinski definition) is 1. The van der Waals surface area contributed by atoms with Gasteiger partial charge >= 0.3 is 5.97 Å². The van der Waals surface area contributed by atoms with Gasteiger partial charge < -0.3 is 5.11 Å². The fourth-order valence-electron chi connectivity index (χ4n) is 3.06. The average Bonchev–Trinajstić information content (AvgIpc) is 2.28. The van der Waals surface area contributed by atoms with E-state index in [0.717, 1.165) is 44.4 Å². The number of hydrogen-bond donors (Lipinski definition) is 1. The lowest BCUT2D eigenvalue weighted by molar-refractivity contribution is -0.152. The first kappa shape index (κ1) is 14.5. The molecule has 0 saturated heterocycles. The highest BCUT2D eigenvalue weighted by Gasteiger charge is 2.41. The summed E-state index contributed by atoms with van der Waals surface area (Å²) < 4.78 is 0. The van der Waals surface area contributed by atoms with Gasteiger partial charge in [-0.1, -0.05) is 33.6 Å². The smallest absolute Gasteiger partial charge is 0.309 e. The molecule has 2 nitrogen and oxygen atoms in total. The monoisotopic (exact) mass is 240 g/mol. The first-order valence-corrected chi connectivity index (χ1v) is 7.23. The number of aliphatic carboxylic acids is 1. The maximum atomic E-state index is 11.6. The Hall–Kier alpha value is -0.530. The molecule has 1 fully saturated rings. The first-order chi connectivity index (χ1) is 8.00. The van der Waals surface area contributed by atoms with Gasteiger partial charge in [0.25, 0.3) is 0 Å². The molecule has 100 valence electrons. The molecule has 1 N–H and O–H groups in total. The summed E-state index contributed by atoms with van der Waals surface area (Å²) >= 11 is 0.